The third-order valence-electron chi connectivity index (χ3n) is 5.24. The van der Waals surface area contributed by atoms with Gasteiger partial charge in [-0.25, -0.2) is 4.39 Å². The van der Waals surface area contributed by atoms with Gasteiger partial charge in [0.05, 0.1) is 22.4 Å². The second-order valence-corrected chi connectivity index (χ2v) is 9.13. The highest BCUT2D eigenvalue weighted by Crippen LogP contribution is 2.36. The summed E-state index contributed by atoms with van der Waals surface area (Å²) in [6.45, 7) is 3.75. The van der Waals surface area contributed by atoms with Crippen molar-refractivity contribution >= 4 is 37.7 Å². The molecule has 0 aliphatic carbocycles. The van der Waals surface area contributed by atoms with Crippen molar-refractivity contribution in [2.24, 2.45) is 0 Å². The Kier molecular flexibility index (Phi) is 6.95. The molecule has 13 heteroatoms. The van der Waals surface area contributed by atoms with Gasteiger partial charge in [-0.15, -0.1) is 0 Å². The summed E-state index contributed by atoms with van der Waals surface area (Å²) in [6.07, 6.45) is 4.11. The number of nitrogens with zero attached hydrogens (tertiary/aromatic N) is 7. The van der Waals surface area contributed by atoms with Crippen LogP contribution in [0.15, 0.2) is 51.8 Å². The van der Waals surface area contributed by atoms with Crippen molar-refractivity contribution in [2.45, 2.75) is 26.5 Å². The molecule has 0 radical (unpaired) electrons. The Morgan fingerprint density at radius 1 is 1.31 bits per heavy atom. The first-order valence-electron chi connectivity index (χ1n) is 10.1. The van der Waals surface area contributed by atoms with E-state index >= 15 is 0 Å². The van der Waals surface area contributed by atoms with Gasteiger partial charge in [-0.05, 0) is 79.9 Å². The van der Waals surface area contributed by atoms with Crippen molar-refractivity contribution in [3.05, 3.63) is 84.6 Å². The number of halogens is 3. The monoisotopic (exact) mass is 603 g/mol. The maximum absolute atomic E-state index is 14.3. The fourth-order valence-electron chi connectivity index (χ4n) is 3.61. The van der Waals surface area contributed by atoms with E-state index in [9.17, 15) is 19.8 Å². The van der Waals surface area contributed by atoms with E-state index in [-0.39, 0.29) is 5.75 Å². The summed E-state index contributed by atoms with van der Waals surface area (Å²) in [7, 11) is 0. The molecule has 35 heavy (non-hydrogen) atoms. The zero-order valence-electron chi connectivity index (χ0n) is 18.3. The first-order valence-corrected chi connectivity index (χ1v) is 11.7. The van der Waals surface area contributed by atoms with Gasteiger partial charge in [0.25, 0.3) is 0 Å². The molecule has 3 aromatic heterocycles. The number of aryl methyl sites for hydroxylation is 1. The van der Waals surface area contributed by atoms with Crippen molar-refractivity contribution in [3.63, 3.8) is 0 Å². The average Bonchev–Trinajstić information content (AvgIpc) is 3.38. The Labute approximate surface area is 215 Å². The average molecular weight is 605 g/mol. The van der Waals surface area contributed by atoms with Crippen molar-refractivity contribution in [2.75, 3.05) is 0 Å². The van der Waals surface area contributed by atoms with E-state index < -0.39 is 22.7 Å². The molecule has 0 saturated carbocycles. The van der Waals surface area contributed by atoms with Crippen LogP contribution in [0.2, 0.25) is 0 Å². The lowest BCUT2D eigenvalue weighted by Crippen LogP contribution is -2.10. The fraction of sp³-hybridized carbons (Fsp3) is 0.182. The minimum absolute atomic E-state index is 0.0518. The first kappa shape index (κ1) is 24.5. The van der Waals surface area contributed by atoms with Crippen LogP contribution in [-0.4, -0.2) is 29.5 Å². The predicted molar refractivity (Wildman–Crippen MR) is 130 cm³/mol. The molecule has 10 nitrogen and oxygen atoms in total. The van der Waals surface area contributed by atoms with Gasteiger partial charge in [0.15, 0.2) is 6.20 Å². The molecule has 3 heterocycles. The van der Waals surface area contributed by atoms with Gasteiger partial charge < -0.3 is 14.9 Å². The molecular formula is C22H16Br2FN7O3. The Hall–Kier alpha value is -3.63. The summed E-state index contributed by atoms with van der Waals surface area (Å²) >= 11 is 6.64. The number of nitriles is 1. The summed E-state index contributed by atoms with van der Waals surface area (Å²) in [5.41, 5.74) is 3.17. The Morgan fingerprint density at radius 3 is 2.77 bits per heavy atom. The number of rotatable bonds is 7. The van der Waals surface area contributed by atoms with Crippen LogP contribution in [0.3, 0.4) is 0 Å². The fourth-order valence-corrected chi connectivity index (χ4v) is 4.49. The minimum Gasteiger partial charge on any atom is -0.478 e. The molecule has 1 aromatic carbocycles. The van der Waals surface area contributed by atoms with Crippen LogP contribution in [0.4, 0.5) is 10.2 Å². The Morgan fingerprint density at radius 2 is 2.09 bits per heavy atom. The molecule has 0 spiro atoms. The summed E-state index contributed by atoms with van der Waals surface area (Å²) in [6, 6.07) is 7.46. The van der Waals surface area contributed by atoms with E-state index in [0.717, 1.165) is 5.56 Å². The summed E-state index contributed by atoms with van der Waals surface area (Å²) in [4.78, 5) is 14.6. The minimum atomic E-state index is -0.770. The molecule has 1 atom stereocenters. The predicted octanol–water partition coefficient (Wildman–Crippen LogP) is 5.54. The van der Waals surface area contributed by atoms with E-state index in [0.29, 0.717) is 38.1 Å². The number of nitro groups is 1. The molecule has 0 bridgehead atoms. The molecule has 4 rings (SSSR count). The van der Waals surface area contributed by atoms with Crippen molar-refractivity contribution in [1.29, 1.82) is 5.26 Å². The van der Waals surface area contributed by atoms with Gasteiger partial charge in [-0.2, -0.15) is 20.1 Å². The van der Waals surface area contributed by atoms with E-state index in [1.165, 1.54) is 29.1 Å². The highest BCUT2D eigenvalue weighted by atomic mass is 79.9. The van der Waals surface area contributed by atoms with Crippen LogP contribution in [0.25, 0.3) is 11.3 Å². The Balaban J connectivity index is 1.73. The van der Waals surface area contributed by atoms with E-state index in [2.05, 4.69) is 47.0 Å². The van der Waals surface area contributed by atoms with Crippen LogP contribution < -0.4 is 4.74 Å². The molecule has 4 aromatic rings. The number of pyridine rings is 1. The van der Waals surface area contributed by atoms with E-state index in [1.807, 2.05) is 6.19 Å². The molecule has 0 saturated heterocycles. The Bertz CT molecular complexity index is 1480. The zero-order valence-corrected chi connectivity index (χ0v) is 21.5. The van der Waals surface area contributed by atoms with Crippen molar-refractivity contribution < 1.29 is 14.1 Å². The molecule has 0 fully saturated rings. The number of benzene rings is 1. The quantitative estimate of drug-likeness (QED) is 0.200. The van der Waals surface area contributed by atoms with Crippen LogP contribution in [0.1, 0.15) is 29.8 Å². The number of hydrogen-bond donors (Lipinski definition) is 0. The topological polar surface area (TPSA) is 125 Å². The lowest BCUT2D eigenvalue weighted by atomic mass is 10.00. The van der Waals surface area contributed by atoms with Gasteiger partial charge in [-0.3, -0.25) is 4.68 Å². The van der Waals surface area contributed by atoms with Gasteiger partial charge in [0.2, 0.25) is 11.9 Å². The van der Waals surface area contributed by atoms with Crippen molar-refractivity contribution in [3.8, 4) is 23.2 Å². The number of ether oxygens (including phenoxy) is 1. The van der Waals surface area contributed by atoms with Crippen LogP contribution in [0, 0.1) is 34.3 Å². The smallest absolute Gasteiger partial charge is 0.406 e. The molecule has 0 aliphatic rings. The van der Waals surface area contributed by atoms with Gasteiger partial charge in [-0.1, -0.05) is 0 Å². The second-order valence-electron chi connectivity index (χ2n) is 7.46. The lowest BCUT2D eigenvalue weighted by Gasteiger charge is -2.19. The molecular weight excluding hydrogens is 589 g/mol. The third kappa shape index (κ3) is 4.94. The SMILES string of the molecule is Cc1nn(C#N)c(Br)c1Cn1nccc1-c1ccc(F)cc1[C@@H](C)Oc1cc(Br)cnc1[N+](=O)[O-]. The largest absolute Gasteiger partial charge is 0.478 e. The summed E-state index contributed by atoms with van der Waals surface area (Å²) in [5.74, 6) is -0.983. The molecule has 0 aliphatic heterocycles. The maximum atomic E-state index is 14.3. The van der Waals surface area contributed by atoms with Crippen LogP contribution in [-0.2, 0) is 6.54 Å². The normalized spacial score (nSPS) is 11.8. The molecule has 0 N–H and O–H groups in total. The molecule has 178 valence electrons. The number of aromatic nitrogens is 5. The van der Waals surface area contributed by atoms with Crippen LogP contribution >= 0.6 is 31.9 Å². The summed E-state index contributed by atoms with van der Waals surface area (Å²) in [5, 5.41) is 29.2. The van der Waals surface area contributed by atoms with E-state index in [4.69, 9.17) is 4.74 Å². The first-order chi connectivity index (χ1) is 16.7. The molecule has 0 unspecified atom stereocenters. The lowest BCUT2D eigenvalue weighted by molar-refractivity contribution is -0.390. The third-order valence-corrected chi connectivity index (χ3v) is 6.49. The highest BCUT2D eigenvalue weighted by molar-refractivity contribution is 9.10. The van der Waals surface area contributed by atoms with Gasteiger partial charge >= 0.3 is 5.82 Å². The van der Waals surface area contributed by atoms with Gasteiger partial charge in [0, 0.05) is 29.0 Å². The highest BCUT2D eigenvalue weighted by Gasteiger charge is 2.24. The number of hydrogen-bond acceptors (Lipinski definition) is 7. The maximum Gasteiger partial charge on any atom is 0.406 e. The van der Waals surface area contributed by atoms with Crippen LogP contribution in [0.5, 0.6) is 5.75 Å². The van der Waals surface area contributed by atoms with Crippen molar-refractivity contribution in [1.82, 2.24) is 24.5 Å². The standard InChI is InChI=1S/C22H16Br2FN7O3/c1-12-18(21(24)31(11-26)29-12)10-30-19(5-6-28-30)16-4-3-15(25)8-17(16)13(2)35-20-7-14(23)9-27-22(20)32(33)34/h3-9,13H,10H2,1-2H3/t13-/m1/s1. The summed E-state index contributed by atoms with van der Waals surface area (Å²) < 4.78 is 24.1. The second kappa shape index (κ2) is 9.93. The van der Waals surface area contributed by atoms with E-state index in [1.54, 1.807) is 36.9 Å². The molecule has 0 amide bonds. The zero-order chi connectivity index (χ0) is 25.3. The van der Waals surface area contributed by atoms with Gasteiger partial charge in [0.1, 0.15) is 16.5 Å².